The summed E-state index contributed by atoms with van der Waals surface area (Å²) in [6, 6.07) is 11.5. The number of ether oxygens (including phenoxy) is 3. The third-order valence-electron chi connectivity index (χ3n) is 3.09. The summed E-state index contributed by atoms with van der Waals surface area (Å²) in [5.74, 6) is 1.85. The first kappa shape index (κ1) is 14.8. The predicted octanol–water partition coefficient (Wildman–Crippen LogP) is 3.47. The Morgan fingerprint density at radius 1 is 0.762 bits per heavy atom. The van der Waals surface area contributed by atoms with Crippen LogP contribution in [0.4, 0.5) is 5.69 Å². The van der Waals surface area contributed by atoms with Gasteiger partial charge in [-0.05, 0) is 35.4 Å². The minimum atomic E-state index is 0.588. The molecule has 4 heteroatoms. The van der Waals surface area contributed by atoms with E-state index in [1.165, 1.54) is 0 Å². The summed E-state index contributed by atoms with van der Waals surface area (Å²) in [6.45, 7) is 0. The van der Waals surface area contributed by atoms with E-state index in [1.807, 2.05) is 48.6 Å². The smallest absolute Gasteiger partial charge is 0.203 e. The van der Waals surface area contributed by atoms with E-state index in [4.69, 9.17) is 19.9 Å². The molecule has 0 amide bonds. The second-order valence-corrected chi connectivity index (χ2v) is 4.46. The molecule has 0 fully saturated rings. The Kier molecular flexibility index (Phi) is 4.72. The van der Waals surface area contributed by atoms with Crippen molar-refractivity contribution in [2.75, 3.05) is 27.1 Å². The first-order valence-corrected chi connectivity index (χ1v) is 6.51. The zero-order chi connectivity index (χ0) is 15.2. The molecule has 0 saturated carbocycles. The van der Waals surface area contributed by atoms with Crippen LogP contribution in [0.2, 0.25) is 0 Å². The van der Waals surface area contributed by atoms with Crippen molar-refractivity contribution < 1.29 is 14.2 Å². The van der Waals surface area contributed by atoms with Crippen LogP contribution < -0.4 is 19.9 Å². The van der Waals surface area contributed by atoms with Crippen LogP contribution in [0.3, 0.4) is 0 Å². The molecule has 2 rings (SSSR count). The van der Waals surface area contributed by atoms with Crippen molar-refractivity contribution in [2.24, 2.45) is 0 Å². The molecule has 2 N–H and O–H groups in total. The van der Waals surface area contributed by atoms with E-state index in [0.717, 1.165) is 16.8 Å². The molecule has 0 bridgehead atoms. The maximum atomic E-state index is 5.67. The van der Waals surface area contributed by atoms with Gasteiger partial charge in [0.05, 0.1) is 21.3 Å². The van der Waals surface area contributed by atoms with Crippen molar-refractivity contribution in [2.45, 2.75) is 0 Å². The van der Waals surface area contributed by atoms with E-state index in [0.29, 0.717) is 17.2 Å². The molecule has 0 unspecified atom stereocenters. The van der Waals surface area contributed by atoms with Gasteiger partial charge in [0.15, 0.2) is 11.5 Å². The molecular weight excluding hydrogens is 266 g/mol. The summed E-state index contributed by atoms with van der Waals surface area (Å²) >= 11 is 0. The van der Waals surface area contributed by atoms with Gasteiger partial charge >= 0.3 is 0 Å². The maximum absolute atomic E-state index is 5.67. The topological polar surface area (TPSA) is 53.7 Å². The molecule has 0 radical (unpaired) electrons. The zero-order valence-corrected chi connectivity index (χ0v) is 12.4. The highest BCUT2D eigenvalue weighted by atomic mass is 16.5. The molecular formula is C17H19NO3. The monoisotopic (exact) mass is 285 g/mol. The number of hydrogen-bond donors (Lipinski definition) is 1. The van der Waals surface area contributed by atoms with Crippen molar-refractivity contribution in [3.05, 3.63) is 47.5 Å². The molecule has 0 heterocycles. The van der Waals surface area contributed by atoms with Gasteiger partial charge in [-0.1, -0.05) is 24.3 Å². The van der Waals surface area contributed by atoms with Gasteiger partial charge in [0.2, 0.25) is 5.75 Å². The number of rotatable bonds is 5. The third kappa shape index (κ3) is 3.48. The highest BCUT2D eigenvalue weighted by molar-refractivity contribution is 5.73. The largest absolute Gasteiger partial charge is 0.493 e. The molecule has 4 nitrogen and oxygen atoms in total. The average molecular weight is 285 g/mol. The van der Waals surface area contributed by atoms with E-state index in [1.54, 1.807) is 21.3 Å². The van der Waals surface area contributed by atoms with E-state index < -0.39 is 0 Å². The summed E-state index contributed by atoms with van der Waals surface area (Å²) in [7, 11) is 4.79. The standard InChI is InChI=1S/C17H19NO3/c1-19-15-10-13(11-16(20-2)17(15)21-3)5-4-12-6-8-14(18)9-7-12/h4-11H,18H2,1-3H3/b5-4-. The van der Waals surface area contributed by atoms with Gasteiger partial charge in [0.25, 0.3) is 0 Å². The Balaban J connectivity index is 2.33. The van der Waals surface area contributed by atoms with Gasteiger partial charge in [-0.3, -0.25) is 0 Å². The molecule has 21 heavy (non-hydrogen) atoms. The number of nitrogens with two attached hydrogens (primary N) is 1. The summed E-state index contributed by atoms with van der Waals surface area (Å²) in [5, 5.41) is 0. The van der Waals surface area contributed by atoms with Crippen LogP contribution in [0.1, 0.15) is 11.1 Å². The second-order valence-electron chi connectivity index (χ2n) is 4.46. The molecule has 0 aliphatic rings. The van der Waals surface area contributed by atoms with Crippen LogP contribution in [0.25, 0.3) is 12.2 Å². The number of methoxy groups -OCH3 is 3. The quantitative estimate of drug-likeness (QED) is 0.675. The van der Waals surface area contributed by atoms with E-state index >= 15 is 0 Å². The van der Waals surface area contributed by atoms with Crippen molar-refractivity contribution in [1.29, 1.82) is 0 Å². The van der Waals surface area contributed by atoms with Crippen molar-refractivity contribution in [1.82, 2.24) is 0 Å². The normalized spacial score (nSPS) is 10.6. The molecule has 110 valence electrons. The van der Waals surface area contributed by atoms with Crippen LogP contribution in [0, 0.1) is 0 Å². The van der Waals surface area contributed by atoms with Gasteiger partial charge in [-0.2, -0.15) is 0 Å². The number of nitrogen functional groups attached to an aromatic ring is 1. The highest BCUT2D eigenvalue weighted by Gasteiger charge is 2.11. The molecule has 2 aromatic carbocycles. The minimum absolute atomic E-state index is 0.588. The molecule has 0 atom stereocenters. The predicted molar refractivity (Wildman–Crippen MR) is 85.9 cm³/mol. The molecule has 0 saturated heterocycles. The molecule has 0 aliphatic heterocycles. The van der Waals surface area contributed by atoms with E-state index in [9.17, 15) is 0 Å². The summed E-state index contributed by atoms with van der Waals surface area (Å²) in [6.07, 6.45) is 3.98. The fourth-order valence-corrected chi connectivity index (χ4v) is 2.00. The Labute approximate surface area is 124 Å². The molecule has 0 spiro atoms. The Bertz CT molecular complexity index is 608. The van der Waals surface area contributed by atoms with Gasteiger partial charge in [0, 0.05) is 5.69 Å². The summed E-state index contributed by atoms with van der Waals surface area (Å²) in [5.41, 5.74) is 8.45. The molecule has 0 aromatic heterocycles. The fourth-order valence-electron chi connectivity index (χ4n) is 2.00. The molecule has 2 aromatic rings. The van der Waals surface area contributed by atoms with Gasteiger partial charge in [0.1, 0.15) is 0 Å². The second kappa shape index (κ2) is 6.70. The Morgan fingerprint density at radius 2 is 1.29 bits per heavy atom. The maximum Gasteiger partial charge on any atom is 0.203 e. The lowest BCUT2D eigenvalue weighted by atomic mass is 10.1. The SMILES string of the molecule is COc1cc(/C=C\c2ccc(N)cc2)cc(OC)c1OC. The number of anilines is 1. The average Bonchev–Trinajstić information content (AvgIpc) is 2.53. The Morgan fingerprint density at radius 3 is 1.76 bits per heavy atom. The summed E-state index contributed by atoms with van der Waals surface area (Å²) in [4.78, 5) is 0. The lowest BCUT2D eigenvalue weighted by Gasteiger charge is -2.12. The van der Waals surface area contributed by atoms with Crippen LogP contribution in [-0.2, 0) is 0 Å². The lowest BCUT2D eigenvalue weighted by Crippen LogP contribution is -1.95. The van der Waals surface area contributed by atoms with Crippen LogP contribution in [-0.4, -0.2) is 21.3 Å². The lowest BCUT2D eigenvalue weighted by molar-refractivity contribution is 0.324. The van der Waals surface area contributed by atoms with Crippen molar-refractivity contribution in [3.8, 4) is 17.2 Å². The minimum Gasteiger partial charge on any atom is -0.493 e. The van der Waals surface area contributed by atoms with Crippen LogP contribution >= 0.6 is 0 Å². The van der Waals surface area contributed by atoms with Gasteiger partial charge in [-0.25, -0.2) is 0 Å². The first-order valence-electron chi connectivity index (χ1n) is 6.51. The van der Waals surface area contributed by atoms with Gasteiger partial charge in [-0.15, -0.1) is 0 Å². The number of hydrogen-bond acceptors (Lipinski definition) is 4. The third-order valence-corrected chi connectivity index (χ3v) is 3.09. The Hall–Kier alpha value is -2.62. The van der Waals surface area contributed by atoms with Crippen molar-refractivity contribution in [3.63, 3.8) is 0 Å². The molecule has 0 aliphatic carbocycles. The summed E-state index contributed by atoms with van der Waals surface area (Å²) < 4.78 is 16.0. The van der Waals surface area contributed by atoms with Crippen LogP contribution in [0.15, 0.2) is 36.4 Å². The first-order chi connectivity index (χ1) is 10.2. The zero-order valence-electron chi connectivity index (χ0n) is 12.4. The fraction of sp³-hybridized carbons (Fsp3) is 0.176. The van der Waals surface area contributed by atoms with E-state index in [2.05, 4.69) is 0 Å². The van der Waals surface area contributed by atoms with Crippen molar-refractivity contribution >= 4 is 17.8 Å². The highest BCUT2D eigenvalue weighted by Crippen LogP contribution is 2.38. The van der Waals surface area contributed by atoms with Crippen LogP contribution in [0.5, 0.6) is 17.2 Å². The van der Waals surface area contributed by atoms with Gasteiger partial charge < -0.3 is 19.9 Å². The van der Waals surface area contributed by atoms with E-state index in [-0.39, 0.29) is 0 Å². The number of benzene rings is 2.